The van der Waals surface area contributed by atoms with Crippen LogP contribution in [0.3, 0.4) is 0 Å². The van der Waals surface area contributed by atoms with Crippen LogP contribution in [-0.2, 0) is 6.54 Å². The number of aromatic nitrogens is 1. The molecule has 1 saturated heterocycles. The highest BCUT2D eigenvalue weighted by Crippen LogP contribution is 2.37. The van der Waals surface area contributed by atoms with Gasteiger partial charge in [-0.05, 0) is 44.4 Å². The fraction of sp³-hybridized carbons (Fsp3) is 0.571. The second kappa shape index (κ2) is 4.85. The zero-order valence-electron chi connectivity index (χ0n) is 10.6. The maximum absolute atomic E-state index is 8.86. The minimum absolute atomic E-state index is 0.117. The van der Waals surface area contributed by atoms with Gasteiger partial charge in [0.25, 0.3) is 0 Å². The molecule has 1 aliphatic rings. The summed E-state index contributed by atoms with van der Waals surface area (Å²) in [5.74, 6) is 0.490. The number of nitriles is 1. The molecule has 1 aromatic rings. The quantitative estimate of drug-likeness (QED) is 0.799. The Labute approximate surface area is 103 Å². The van der Waals surface area contributed by atoms with Crippen LogP contribution in [0.4, 0.5) is 0 Å². The number of likely N-dealkylation sites (tertiary alicyclic amines) is 1. The summed E-state index contributed by atoms with van der Waals surface area (Å²) in [6.07, 6.45) is 5.52. The van der Waals surface area contributed by atoms with E-state index in [0.29, 0.717) is 12.3 Å². The van der Waals surface area contributed by atoms with Crippen molar-refractivity contribution in [2.75, 3.05) is 6.54 Å². The molecule has 0 aromatic carbocycles. The third-order valence-electron chi connectivity index (χ3n) is 4.00. The molecule has 0 spiro atoms. The first kappa shape index (κ1) is 12.1. The second-order valence-electron chi connectivity index (χ2n) is 5.28. The molecular formula is C14H19N3. The molecule has 1 unspecified atom stereocenters. The predicted octanol–water partition coefficient (Wildman–Crippen LogP) is 2.60. The Kier molecular flexibility index (Phi) is 3.44. The fourth-order valence-electron chi connectivity index (χ4n) is 2.67. The topological polar surface area (TPSA) is 39.9 Å². The minimum Gasteiger partial charge on any atom is -0.294 e. The molecule has 17 heavy (non-hydrogen) atoms. The molecule has 0 bridgehead atoms. The van der Waals surface area contributed by atoms with Gasteiger partial charge in [-0.1, -0.05) is 6.07 Å². The van der Waals surface area contributed by atoms with Crippen LogP contribution in [0.5, 0.6) is 0 Å². The lowest BCUT2D eigenvalue weighted by atomic mass is 9.86. The Hall–Kier alpha value is -1.40. The third-order valence-corrected chi connectivity index (χ3v) is 4.00. The number of pyridine rings is 1. The van der Waals surface area contributed by atoms with Crippen molar-refractivity contribution in [2.24, 2.45) is 5.92 Å². The molecule has 0 N–H and O–H groups in total. The molecule has 2 rings (SSSR count). The van der Waals surface area contributed by atoms with Gasteiger partial charge >= 0.3 is 0 Å². The van der Waals surface area contributed by atoms with Crippen molar-refractivity contribution in [1.29, 1.82) is 5.26 Å². The molecule has 1 aromatic heterocycles. The molecule has 1 atom stereocenters. The van der Waals surface area contributed by atoms with Crippen LogP contribution in [0.2, 0.25) is 0 Å². The van der Waals surface area contributed by atoms with Crippen molar-refractivity contribution in [3.8, 4) is 6.07 Å². The standard InChI is InChI=1S/C14H19N3/c1-14(2)13(5-7-15)6-9-17(14)11-12-4-3-8-16-10-12/h3-4,8,10,13H,5-6,9,11H2,1-2H3. The zero-order valence-corrected chi connectivity index (χ0v) is 10.6. The van der Waals surface area contributed by atoms with E-state index in [2.05, 4.69) is 35.9 Å². The van der Waals surface area contributed by atoms with Gasteiger partial charge in [-0.3, -0.25) is 9.88 Å². The van der Waals surface area contributed by atoms with Gasteiger partial charge in [-0.2, -0.15) is 5.26 Å². The summed E-state index contributed by atoms with van der Waals surface area (Å²) in [7, 11) is 0. The van der Waals surface area contributed by atoms with Gasteiger partial charge in [0.2, 0.25) is 0 Å². The smallest absolute Gasteiger partial charge is 0.0625 e. The molecule has 0 radical (unpaired) electrons. The molecule has 90 valence electrons. The number of hydrogen-bond acceptors (Lipinski definition) is 3. The zero-order chi connectivity index (χ0) is 12.3. The van der Waals surface area contributed by atoms with Crippen molar-refractivity contribution in [2.45, 2.75) is 38.8 Å². The van der Waals surface area contributed by atoms with E-state index >= 15 is 0 Å². The van der Waals surface area contributed by atoms with E-state index in [4.69, 9.17) is 5.26 Å². The van der Waals surface area contributed by atoms with E-state index in [1.54, 1.807) is 6.20 Å². The van der Waals surface area contributed by atoms with Crippen LogP contribution in [0.25, 0.3) is 0 Å². The van der Waals surface area contributed by atoms with Crippen LogP contribution >= 0.6 is 0 Å². The van der Waals surface area contributed by atoms with Gasteiger partial charge in [-0.15, -0.1) is 0 Å². The van der Waals surface area contributed by atoms with Crippen molar-refractivity contribution in [3.05, 3.63) is 30.1 Å². The lowest BCUT2D eigenvalue weighted by Crippen LogP contribution is -2.41. The Bertz CT molecular complexity index is 405. The Morgan fingerprint density at radius 3 is 3.06 bits per heavy atom. The van der Waals surface area contributed by atoms with Gasteiger partial charge in [0, 0.05) is 30.9 Å². The number of hydrogen-bond donors (Lipinski definition) is 0. The van der Waals surface area contributed by atoms with E-state index in [1.807, 2.05) is 12.3 Å². The largest absolute Gasteiger partial charge is 0.294 e. The highest BCUT2D eigenvalue weighted by atomic mass is 15.2. The summed E-state index contributed by atoms with van der Waals surface area (Å²) in [6.45, 7) is 6.51. The summed E-state index contributed by atoms with van der Waals surface area (Å²) in [5, 5.41) is 8.86. The summed E-state index contributed by atoms with van der Waals surface area (Å²) < 4.78 is 0. The van der Waals surface area contributed by atoms with Crippen molar-refractivity contribution in [3.63, 3.8) is 0 Å². The predicted molar refractivity (Wildman–Crippen MR) is 67.1 cm³/mol. The fourth-order valence-corrected chi connectivity index (χ4v) is 2.67. The van der Waals surface area contributed by atoms with E-state index in [9.17, 15) is 0 Å². The highest BCUT2D eigenvalue weighted by molar-refractivity contribution is 5.10. The maximum Gasteiger partial charge on any atom is 0.0625 e. The summed E-state index contributed by atoms with van der Waals surface area (Å²) in [5.41, 5.74) is 1.36. The maximum atomic E-state index is 8.86. The van der Waals surface area contributed by atoms with Crippen LogP contribution < -0.4 is 0 Å². The van der Waals surface area contributed by atoms with Gasteiger partial charge in [0.1, 0.15) is 0 Å². The van der Waals surface area contributed by atoms with E-state index in [0.717, 1.165) is 19.5 Å². The summed E-state index contributed by atoms with van der Waals surface area (Å²) in [6, 6.07) is 6.40. The van der Waals surface area contributed by atoms with Crippen molar-refractivity contribution in [1.82, 2.24) is 9.88 Å². The average Bonchev–Trinajstić information content (AvgIpc) is 2.58. The first-order valence-corrected chi connectivity index (χ1v) is 6.15. The third kappa shape index (κ3) is 2.48. The Balaban J connectivity index is 2.06. The molecule has 1 aliphatic heterocycles. The molecule has 0 saturated carbocycles. The SMILES string of the molecule is CC1(C)C(CC#N)CCN1Cc1cccnc1. The summed E-state index contributed by atoms with van der Waals surface area (Å²) in [4.78, 5) is 6.62. The first-order chi connectivity index (χ1) is 8.14. The minimum atomic E-state index is 0.117. The second-order valence-corrected chi connectivity index (χ2v) is 5.28. The molecule has 0 amide bonds. The van der Waals surface area contributed by atoms with E-state index < -0.39 is 0 Å². The molecule has 3 nitrogen and oxygen atoms in total. The van der Waals surface area contributed by atoms with Crippen molar-refractivity contribution < 1.29 is 0 Å². The molecule has 3 heteroatoms. The molecule has 2 heterocycles. The van der Waals surface area contributed by atoms with Crippen LogP contribution in [-0.4, -0.2) is 22.0 Å². The van der Waals surface area contributed by atoms with E-state index in [1.165, 1.54) is 5.56 Å². The highest BCUT2D eigenvalue weighted by Gasteiger charge is 2.40. The van der Waals surface area contributed by atoms with Gasteiger partial charge < -0.3 is 0 Å². The van der Waals surface area contributed by atoms with Crippen LogP contribution in [0.15, 0.2) is 24.5 Å². The number of nitrogens with zero attached hydrogens (tertiary/aromatic N) is 3. The van der Waals surface area contributed by atoms with Gasteiger partial charge in [-0.25, -0.2) is 0 Å². The number of rotatable bonds is 3. The van der Waals surface area contributed by atoms with Crippen LogP contribution in [0, 0.1) is 17.2 Å². The first-order valence-electron chi connectivity index (χ1n) is 6.15. The normalized spacial score (nSPS) is 23.5. The summed E-state index contributed by atoms with van der Waals surface area (Å²) >= 11 is 0. The lowest BCUT2D eigenvalue weighted by molar-refractivity contribution is 0.132. The Morgan fingerprint density at radius 1 is 1.59 bits per heavy atom. The Morgan fingerprint density at radius 2 is 2.41 bits per heavy atom. The van der Waals surface area contributed by atoms with Crippen LogP contribution in [0.1, 0.15) is 32.3 Å². The average molecular weight is 229 g/mol. The molecule has 0 aliphatic carbocycles. The van der Waals surface area contributed by atoms with E-state index in [-0.39, 0.29) is 5.54 Å². The van der Waals surface area contributed by atoms with Gasteiger partial charge in [0.15, 0.2) is 0 Å². The lowest BCUT2D eigenvalue weighted by Gasteiger charge is -2.35. The molecule has 1 fully saturated rings. The molecular weight excluding hydrogens is 210 g/mol. The van der Waals surface area contributed by atoms with Crippen molar-refractivity contribution >= 4 is 0 Å². The monoisotopic (exact) mass is 229 g/mol. The van der Waals surface area contributed by atoms with Gasteiger partial charge in [0.05, 0.1) is 6.07 Å².